The second kappa shape index (κ2) is 7.38. The fourth-order valence-corrected chi connectivity index (χ4v) is 2.05. The predicted molar refractivity (Wildman–Crippen MR) is 78.5 cm³/mol. The van der Waals surface area contributed by atoms with E-state index in [0.29, 0.717) is 0 Å². The molecule has 1 heterocycles. The maximum absolute atomic E-state index is 5.35. The number of hydrogen-bond donors (Lipinski definition) is 2. The molecule has 0 saturated carbocycles. The highest BCUT2D eigenvalue weighted by Crippen LogP contribution is 2.06. The molecule has 1 aromatic rings. The zero-order valence-electron chi connectivity index (χ0n) is 11.6. The largest absolute Gasteiger partial charge is 0.377 e. The molecule has 0 aromatic carbocycles. The maximum Gasteiger partial charge on any atom is 0.191 e. The minimum atomic E-state index is -0.190. The summed E-state index contributed by atoms with van der Waals surface area (Å²) in [5, 5.41) is 10.8. The normalized spacial score (nSPS) is 12.6. The SMILES string of the molecule is CN=C(NCCc1ccsc1)NCC(C)(C)OC. The van der Waals surface area contributed by atoms with Gasteiger partial charge in [-0.3, -0.25) is 4.99 Å². The van der Waals surface area contributed by atoms with Crippen molar-refractivity contribution < 1.29 is 4.74 Å². The first-order valence-corrected chi connectivity index (χ1v) is 7.02. The number of aliphatic imine (C=N–C) groups is 1. The molecular weight excluding hydrogens is 246 g/mol. The van der Waals surface area contributed by atoms with Gasteiger partial charge >= 0.3 is 0 Å². The second-order valence-corrected chi connectivity index (χ2v) is 5.48. The number of methoxy groups -OCH3 is 1. The zero-order valence-corrected chi connectivity index (χ0v) is 12.4. The third kappa shape index (κ3) is 5.51. The Balaban J connectivity index is 2.26. The van der Waals surface area contributed by atoms with Crippen LogP contribution in [-0.4, -0.2) is 38.8 Å². The fraction of sp³-hybridized carbons (Fsp3) is 0.615. The molecule has 5 heteroatoms. The van der Waals surface area contributed by atoms with Gasteiger partial charge in [-0.15, -0.1) is 0 Å². The minimum Gasteiger partial charge on any atom is -0.377 e. The second-order valence-electron chi connectivity index (χ2n) is 4.70. The Labute approximate surface area is 113 Å². The van der Waals surface area contributed by atoms with Crippen LogP contribution in [0.25, 0.3) is 0 Å². The van der Waals surface area contributed by atoms with E-state index in [-0.39, 0.29) is 5.60 Å². The molecule has 1 rings (SSSR count). The quantitative estimate of drug-likeness (QED) is 0.612. The molecule has 0 spiro atoms. The van der Waals surface area contributed by atoms with E-state index in [1.54, 1.807) is 25.5 Å². The van der Waals surface area contributed by atoms with Crippen molar-refractivity contribution in [1.29, 1.82) is 0 Å². The lowest BCUT2D eigenvalue weighted by Gasteiger charge is -2.24. The van der Waals surface area contributed by atoms with Crippen LogP contribution >= 0.6 is 11.3 Å². The van der Waals surface area contributed by atoms with E-state index in [1.807, 2.05) is 13.8 Å². The summed E-state index contributed by atoms with van der Waals surface area (Å²) in [6.45, 7) is 5.68. The van der Waals surface area contributed by atoms with Crippen LogP contribution in [0.2, 0.25) is 0 Å². The number of nitrogens with one attached hydrogen (secondary N) is 2. The Hall–Kier alpha value is -1.07. The molecule has 0 radical (unpaired) electrons. The summed E-state index contributed by atoms with van der Waals surface area (Å²) in [6, 6.07) is 2.15. The molecule has 0 saturated heterocycles. The molecule has 2 N–H and O–H groups in total. The van der Waals surface area contributed by atoms with Crippen molar-refractivity contribution in [3.63, 3.8) is 0 Å². The number of hydrogen-bond acceptors (Lipinski definition) is 3. The van der Waals surface area contributed by atoms with E-state index >= 15 is 0 Å². The maximum atomic E-state index is 5.35. The predicted octanol–water partition coefficient (Wildman–Crippen LogP) is 1.88. The van der Waals surface area contributed by atoms with Crippen molar-refractivity contribution in [2.75, 3.05) is 27.2 Å². The Morgan fingerprint density at radius 3 is 2.78 bits per heavy atom. The van der Waals surface area contributed by atoms with Crippen LogP contribution in [0.4, 0.5) is 0 Å². The summed E-state index contributed by atoms with van der Waals surface area (Å²) in [5.41, 5.74) is 1.17. The van der Waals surface area contributed by atoms with Crippen LogP contribution in [-0.2, 0) is 11.2 Å². The molecule has 0 fully saturated rings. The third-order valence-corrected chi connectivity index (χ3v) is 3.48. The monoisotopic (exact) mass is 269 g/mol. The Kier molecular flexibility index (Phi) is 6.15. The lowest BCUT2D eigenvalue weighted by Crippen LogP contribution is -2.45. The van der Waals surface area contributed by atoms with Gasteiger partial charge in [-0.2, -0.15) is 11.3 Å². The average molecular weight is 269 g/mol. The van der Waals surface area contributed by atoms with Gasteiger partial charge in [0.2, 0.25) is 0 Å². The van der Waals surface area contributed by atoms with Gasteiger partial charge in [0.25, 0.3) is 0 Å². The molecule has 0 amide bonds. The first-order chi connectivity index (χ1) is 8.57. The topological polar surface area (TPSA) is 45.7 Å². The molecule has 0 bridgehead atoms. The van der Waals surface area contributed by atoms with Crippen LogP contribution < -0.4 is 10.6 Å². The zero-order chi connectivity index (χ0) is 13.4. The standard InChI is InChI=1S/C13H23N3OS/c1-13(2,17-4)10-16-12(14-3)15-7-5-11-6-8-18-9-11/h6,8-9H,5,7,10H2,1-4H3,(H2,14,15,16). The van der Waals surface area contributed by atoms with Gasteiger partial charge in [-0.05, 0) is 42.7 Å². The molecule has 1 aromatic heterocycles. The van der Waals surface area contributed by atoms with E-state index in [0.717, 1.165) is 25.5 Å². The molecule has 0 aliphatic rings. The molecule has 0 unspecified atom stereocenters. The average Bonchev–Trinajstić information content (AvgIpc) is 2.86. The van der Waals surface area contributed by atoms with Crippen LogP contribution in [0.15, 0.2) is 21.8 Å². The number of ether oxygens (including phenoxy) is 1. The molecule has 18 heavy (non-hydrogen) atoms. The van der Waals surface area contributed by atoms with Gasteiger partial charge in [-0.1, -0.05) is 0 Å². The number of rotatable bonds is 6. The molecule has 0 aliphatic heterocycles. The van der Waals surface area contributed by atoms with Crippen molar-refractivity contribution in [3.05, 3.63) is 22.4 Å². The highest BCUT2D eigenvalue weighted by Gasteiger charge is 2.16. The first kappa shape index (κ1) is 15.0. The lowest BCUT2D eigenvalue weighted by atomic mass is 10.1. The van der Waals surface area contributed by atoms with Crippen molar-refractivity contribution in [2.24, 2.45) is 4.99 Å². The van der Waals surface area contributed by atoms with Gasteiger partial charge in [0.05, 0.1) is 5.60 Å². The summed E-state index contributed by atoms with van der Waals surface area (Å²) < 4.78 is 5.35. The highest BCUT2D eigenvalue weighted by atomic mass is 32.1. The molecular formula is C13H23N3OS. The van der Waals surface area contributed by atoms with Crippen molar-refractivity contribution in [1.82, 2.24) is 10.6 Å². The van der Waals surface area contributed by atoms with E-state index in [9.17, 15) is 0 Å². The smallest absolute Gasteiger partial charge is 0.191 e. The number of guanidine groups is 1. The minimum absolute atomic E-state index is 0.190. The summed E-state index contributed by atoms with van der Waals surface area (Å²) in [6.07, 6.45) is 1.01. The highest BCUT2D eigenvalue weighted by molar-refractivity contribution is 7.07. The number of thiophene rings is 1. The van der Waals surface area contributed by atoms with Crippen LogP contribution in [0.5, 0.6) is 0 Å². The molecule has 0 atom stereocenters. The van der Waals surface area contributed by atoms with Gasteiger partial charge in [0.15, 0.2) is 5.96 Å². The van der Waals surface area contributed by atoms with E-state index < -0.39 is 0 Å². The molecule has 0 aliphatic carbocycles. The first-order valence-electron chi connectivity index (χ1n) is 6.08. The summed E-state index contributed by atoms with van der Waals surface area (Å²) in [4.78, 5) is 4.19. The van der Waals surface area contributed by atoms with Crippen LogP contribution in [0, 0.1) is 0 Å². The van der Waals surface area contributed by atoms with Crippen molar-refractivity contribution in [3.8, 4) is 0 Å². The van der Waals surface area contributed by atoms with E-state index in [2.05, 4.69) is 32.5 Å². The Morgan fingerprint density at radius 2 is 2.22 bits per heavy atom. The summed E-state index contributed by atoms with van der Waals surface area (Å²) >= 11 is 1.73. The lowest BCUT2D eigenvalue weighted by molar-refractivity contribution is 0.0268. The fourth-order valence-electron chi connectivity index (χ4n) is 1.35. The third-order valence-electron chi connectivity index (χ3n) is 2.74. The van der Waals surface area contributed by atoms with Gasteiger partial charge in [-0.25, -0.2) is 0 Å². The Morgan fingerprint density at radius 1 is 1.44 bits per heavy atom. The van der Waals surface area contributed by atoms with E-state index in [1.165, 1.54) is 5.56 Å². The van der Waals surface area contributed by atoms with E-state index in [4.69, 9.17) is 4.74 Å². The summed E-state index contributed by atoms with van der Waals surface area (Å²) in [5.74, 6) is 0.815. The van der Waals surface area contributed by atoms with Crippen molar-refractivity contribution in [2.45, 2.75) is 25.9 Å². The van der Waals surface area contributed by atoms with Gasteiger partial charge in [0.1, 0.15) is 0 Å². The van der Waals surface area contributed by atoms with Crippen LogP contribution in [0.1, 0.15) is 19.4 Å². The van der Waals surface area contributed by atoms with Crippen LogP contribution in [0.3, 0.4) is 0 Å². The molecule has 102 valence electrons. The summed E-state index contributed by atoms with van der Waals surface area (Å²) in [7, 11) is 3.49. The Bertz CT molecular complexity index is 360. The van der Waals surface area contributed by atoms with Gasteiger partial charge in [0, 0.05) is 27.2 Å². The van der Waals surface area contributed by atoms with Gasteiger partial charge < -0.3 is 15.4 Å². The molecule has 4 nitrogen and oxygen atoms in total. The van der Waals surface area contributed by atoms with Crippen molar-refractivity contribution >= 4 is 17.3 Å². The number of nitrogens with zero attached hydrogens (tertiary/aromatic N) is 1.